The minimum Gasteiger partial charge on any atom is -0.309 e. The fourth-order valence-electron chi connectivity index (χ4n) is 7.28. The number of benzene rings is 7. The monoisotopic (exact) mass is 610 g/mol. The molecule has 0 amide bonds. The first-order valence-electron chi connectivity index (χ1n) is 15.9. The van der Waals surface area contributed by atoms with Crippen molar-refractivity contribution in [3.8, 4) is 45.8 Å². The van der Waals surface area contributed by atoms with E-state index < -0.39 is 0 Å². The van der Waals surface area contributed by atoms with Gasteiger partial charge in [0.1, 0.15) is 0 Å². The molecule has 0 fully saturated rings. The zero-order valence-corrected chi connectivity index (χ0v) is 25.8. The van der Waals surface area contributed by atoms with E-state index in [9.17, 15) is 10.5 Å². The largest absolute Gasteiger partial charge is 0.309 e. The standard InChI is InChI=1S/C44H26N4/c45-27-29-19-24-42-38(25-29)37-14-3-4-15-39(37)47(42)34-22-20-30(21-23-34)31-9-7-10-32(26-31)44-33(28-46)11-8-18-43(44)48-40-16-5-1-12-35(40)36-13-2-6-17-41(36)48/h1-26H. The predicted octanol–water partition coefficient (Wildman–Crippen LogP) is 11.0. The van der Waals surface area contributed by atoms with Crippen LogP contribution < -0.4 is 0 Å². The Balaban J connectivity index is 1.18. The summed E-state index contributed by atoms with van der Waals surface area (Å²) in [6, 6.07) is 59.0. The van der Waals surface area contributed by atoms with Crippen molar-refractivity contribution in [2.45, 2.75) is 0 Å². The van der Waals surface area contributed by atoms with Crippen LogP contribution >= 0.6 is 0 Å². The summed E-state index contributed by atoms with van der Waals surface area (Å²) in [4.78, 5) is 0. The van der Waals surface area contributed by atoms with Gasteiger partial charge in [0, 0.05) is 32.8 Å². The topological polar surface area (TPSA) is 57.4 Å². The van der Waals surface area contributed by atoms with Crippen LogP contribution in [0.3, 0.4) is 0 Å². The molecule has 0 bridgehead atoms. The van der Waals surface area contributed by atoms with Crippen LogP contribution in [0.2, 0.25) is 0 Å². The second-order valence-corrected chi connectivity index (χ2v) is 12.0. The summed E-state index contributed by atoms with van der Waals surface area (Å²) < 4.78 is 4.54. The van der Waals surface area contributed by atoms with Crippen LogP contribution in [0.15, 0.2) is 158 Å². The maximum absolute atomic E-state index is 10.3. The average Bonchev–Trinajstić information content (AvgIpc) is 3.67. The second kappa shape index (κ2) is 10.9. The second-order valence-electron chi connectivity index (χ2n) is 12.0. The van der Waals surface area contributed by atoms with Crippen molar-refractivity contribution < 1.29 is 0 Å². The Morgan fingerprint density at radius 2 is 0.979 bits per heavy atom. The molecule has 9 rings (SSSR count). The molecule has 0 aliphatic carbocycles. The van der Waals surface area contributed by atoms with E-state index in [1.165, 1.54) is 10.8 Å². The maximum Gasteiger partial charge on any atom is 0.0998 e. The molecule has 2 aromatic heterocycles. The highest BCUT2D eigenvalue weighted by Crippen LogP contribution is 2.39. The highest BCUT2D eigenvalue weighted by Gasteiger charge is 2.18. The van der Waals surface area contributed by atoms with Crippen LogP contribution in [-0.2, 0) is 0 Å². The summed E-state index contributed by atoms with van der Waals surface area (Å²) in [5.74, 6) is 0. The van der Waals surface area contributed by atoms with Crippen molar-refractivity contribution >= 4 is 43.6 Å². The molecule has 0 unspecified atom stereocenters. The molecular weight excluding hydrogens is 585 g/mol. The van der Waals surface area contributed by atoms with Gasteiger partial charge in [0.15, 0.2) is 0 Å². The minimum absolute atomic E-state index is 0.632. The third kappa shape index (κ3) is 4.14. The zero-order valence-electron chi connectivity index (χ0n) is 25.8. The van der Waals surface area contributed by atoms with Gasteiger partial charge in [0.2, 0.25) is 0 Å². The zero-order chi connectivity index (χ0) is 32.2. The van der Waals surface area contributed by atoms with Gasteiger partial charge in [0.25, 0.3) is 0 Å². The SMILES string of the molecule is N#Cc1ccc2c(c1)c1ccccc1n2-c1ccc(-c2cccc(-c3c(C#N)cccc3-n3c4ccccc4c4ccccc43)c2)cc1. The first-order chi connectivity index (χ1) is 23.7. The lowest BCUT2D eigenvalue weighted by atomic mass is 9.94. The van der Waals surface area contributed by atoms with E-state index in [1.54, 1.807) is 0 Å². The molecule has 0 aliphatic heterocycles. The van der Waals surface area contributed by atoms with Gasteiger partial charge in [-0.2, -0.15) is 10.5 Å². The smallest absolute Gasteiger partial charge is 0.0998 e. The summed E-state index contributed by atoms with van der Waals surface area (Å²) in [5.41, 5.74) is 11.7. The van der Waals surface area contributed by atoms with Gasteiger partial charge in [-0.05, 0) is 83.4 Å². The lowest BCUT2D eigenvalue weighted by Crippen LogP contribution is -1.99. The molecule has 2 heterocycles. The van der Waals surface area contributed by atoms with Crippen LogP contribution in [0.5, 0.6) is 0 Å². The predicted molar refractivity (Wildman–Crippen MR) is 195 cm³/mol. The molecule has 9 aromatic rings. The fraction of sp³-hybridized carbons (Fsp3) is 0. The van der Waals surface area contributed by atoms with E-state index in [0.717, 1.165) is 66.5 Å². The summed E-state index contributed by atoms with van der Waals surface area (Å²) >= 11 is 0. The normalized spacial score (nSPS) is 11.3. The molecule has 0 saturated carbocycles. The molecule has 0 N–H and O–H groups in total. The molecular formula is C44H26N4. The molecule has 0 radical (unpaired) electrons. The Labute approximate surface area is 277 Å². The Bertz CT molecular complexity index is 2750. The molecule has 0 saturated heterocycles. The van der Waals surface area contributed by atoms with Gasteiger partial charge >= 0.3 is 0 Å². The van der Waals surface area contributed by atoms with Crippen molar-refractivity contribution in [1.82, 2.24) is 9.13 Å². The number of fused-ring (bicyclic) bond motifs is 6. The first-order valence-corrected chi connectivity index (χ1v) is 15.9. The quantitative estimate of drug-likeness (QED) is 0.199. The number of rotatable bonds is 4. The summed E-state index contributed by atoms with van der Waals surface area (Å²) in [7, 11) is 0. The van der Waals surface area contributed by atoms with E-state index in [1.807, 2.05) is 36.4 Å². The van der Waals surface area contributed by atoms with E-state index in [2.05, 4.69) is 143 Å². The minimum atomic E-state index is 0.632. The molecule has 0 atom stereocenters. The van der Waals surface area contributed by atoms with Crippen molar-refractivity contribution in [2.24, 2.45) is 0 Å². The van der Waals surface area contributed by atoms with E-state index in [-0.39, 0.29) is 0 Å². The van der Waals surface area contributed by atoms with Gasteiger partial charge in [-0.3, -0.25) is 0 Å². The van der Waals surface area contributed by atoms with Crippen LogP contribution in [0, 0.1) is 22.7 Å². The summed E-state index contributed by atoms with van der Waals surface area (Å²) in [5, 5.41) is 24.4. The Hall–Kier alpha value is -6.88. The van der Waals surface area contributed by atoms with Gasteiger partial charge in [-0.15, -0.1) is 0 Å². The van der Waals surface area contributed by atoms with Crippen molar-refractivity contribution in [1.29, 1.82) is 10.5 Å². The summed E-state index contributed by atoms with van der Waals surface area (Å²) in [6.45, 7) is 0. The third-order valence-corrected chi connectivity index (χ3v) is 9.40. The number of aromatic nitrogens is 2. The Morgan fingerprint density at radius 1 is 0.396 bits per heavy atom. The summed E-state index contributed by atoms with van der Waals surface area (Å²) in [6.07, 6.45) is 0. The molecule has 48 heavy (non-hydrogen) atoms. The van der Waals surface area contributed by atoms with Crippen LogP contribution in [0.1, 0.15) is 11.1 Å². The first kappa shape index (κ1) is 27.4. The van der Waals surface area contributed by atoms with Crippen molar-refractivity contribution in [2.75, 3.05) is 0 Å². The van der Waals surface area contributed by atoms with Gasteiger partial charge < -0.3 is 9.13 Å². The molecule has 222 valence electrons. The highest BCUT2D eigenvalue weighted by atomic mass is 15.0. The van der Waals surface area contributed by atoms with Gasteiger partial charge in [-0.1, -0.05) is 91.0 Å². The van der Waals surface area contributed by atoms with Crippen molar-refractivity contribution in [3.05, 3.63) is 169 Å². The highest BCUT2D eigenvalue weighted by molar-refractivity contribution is 6.11. The van der Waals surface area contributed by atoms with E-state index in [0.29, 0.717) is 11.1 Å². The van der Waals surface area contributed by atoms with E-state index in [4.69, 9.17) is 0 Å². The average molecular weight is 611 g/mol. The number of nitrogens with zero attached hydrogens (tertiary/aromatic N) is 4. The number of para-hydroxylation sites is 3. The number of hydrogen-bond donors (Lipinski definition) is 0. The van der Waals surface area contributed by atoms with Gasteiger partial charge in [0.05, 0.1) is 51.0 Å². The maximum atomic E-state index is 10.3. The number of nitriles is 2. The molecule has 7 aromatic carbocycles. The van der Waals surface area contributed by atoms with E-state index >= 15 is 0 Å². The number of hydrogen-bond acceptors (Lipinski definition) is 2. The third-order valence-electron chi connectivity index (χ3n) is 9.40. The fourth-order valence-corrected chi connectivity index (χ4v) is 7.28. The Morgan fingerprint density at radius 3 is 1.65 bits per heavy atom. The lowest BCUT2D eigenvalue weighted by molar-refractivity contribution is 1.18. The van der Waals surface area contributed by atoms with Crippen LogP contribution in [0.4, 0.5) is 0 Å². The molecule has 0 aliphatic rings. The van der Waals surface area contributed by atoms with Crippen LogP contribution in [-0.4, -0.2) is 9.13 Å². The Kier molecular flexibility index (Phi) is 6.22. The molecule has 4 nitrogen and oxygen atoms in total. The van der Waals surface area contributed by atoms with Crippen molar-refractivity contribution in [3.63, 3.8) is 0 Å². The molecule has 4 heteroatoms. The lowest BCUT2D eigenvalue weighted by Gasteiger charge is -2.16. The molecule has 0 spiro atoms. The van der Waals surface area contributed by atoms with Crippen LogP contribution in [0.25, 0.3) is 77.2 Å². The van der Waals surface area contributed by atoms with Gasteiger partial charge in [-0.25, -0.2) is 0 Å².